The summed E-state index contributed by atoms with van der Waals surface area (Å²) in [5, 5.41) is 7.51. The lowest BCUT2D eigenvalue weighted by atomic mass is 9.89. The highest BCUT2D eigenvalue weighted by atomic mass is 32.1. The minimum atomic E-state index is 0.0542. The largest absolute Gasteiger partial charge is 0.312 e. The molecule has 1 unspecified atom stereocenters. The van der Waals surface area contributed by atoms with Gasteiger partial charge in [0.15, 0.2) is 0 Å². The second-order valence-corrected chi connectivity index (χ2v) is 5.39. The average Bonchev–Trinajstić information content (AvgIpc) is 2.61. The van der Waals surface area contributed by atoms with E-state index in [2.05, 4.69) is 42.3 Å². The average molecular weight is 225 g/mol. The molecule has 0 aliphatic heterocycles. The third kappa shape index (κ3) is 2.86. The summed E-state index contributed by atoms with van der Waals surface area (Å²) in [6, 6.07) is 0.289. The van der Waals surface area contributed by atoms with Gasteiger partial charge in [-0.25, -0.2) is 0 Å². The minimum absolute atomic E-state index is 0.0542. The fourth-order valence-electron chi connectivity index (χ4n) is 1.47. The van der Waals surface area contributed by atoms with Crippen molar-refractivity contribution in [3.05, 3.63) is 23.2 Å². The van der Waals surface area contributed by atoms with Crippen LogP contribution in [0.3, 0.4) is 0 Å². The molecule has 0 bridgehead atoms. The maximum Gasteiger partial charge on any atom is 0.0857 e. The number of nitrogens with one attached hydrogen (secondary N) is 1. The molecule has 0 saturated heterocycles. The lowest BCUT2D eigenvalue weighted by Gasteiger charge is -2.20. The summed E-state index contributed by atoms with van der Waals surface area (Å²) in [7, 11) is 1.96. The van der Waals surface area contributed by atoms with E-state index in [4.69, 9.17) is 0 Å². The Bertz CT molecular complexity index is 325. The number of hydrogen-bond acceptors (Lipinski definition) is 4. The van der Waals surface area contributed by atoms with Crippen LogP contribution < -0.4 is 5.32 Å². The Hall–Kier alpha value is -0.740. The molecule has 4 heteroatoms. The Morgan fingerprint density at radius 2 is 2.20 bits per heavy atom. The van der Waals surface area contributed by atoms with E-state index in [0.717, 1.165) is 12.1 Å². The van der Waals surface area contributed by atoms with Crippen LogP contribution in [0.2, 0.25) is 0 Å². The SMILES string of the molecule is C=CCC(NC)c1snnc1C(C)(C)C. The molecule has 1 N–H and O–H groups in total. The summed E-state index contributed by atoms with van der Waals surface area (Å²) in [6.07, 6.45) is 2.83. The van der Waals surface area contributed by atoms with E-state index in [9.17, 15) is 0 Å². The van der Waals surface area contributed by atoms with Gasteiger partial charge >= 0.3 is 0 Å². The van der Waals surface area contributed by atoms with Crippen LogP contribution in [-0.2, 0) is 5.41 Å². The highest BCUT2D eigenvalue weighted by Gasteiger charge is 2.25. The summed E-state index contributed by atoms with van der Waals surface area (Å²) >= 11 is 1.48. The molecule has 1 atom stereocenters. The third-order valence-corrected chi connectivity index (χ3v) is 3.13. The summed E-state index contributed by atoms with van der Waals surface area (Å²) in [6.45, 7) is 10.3. The molecule has 0 radical (unpaired) electrons. The molecule has 3 nitrogen and oxygen atoms in total. The molecular formula is C11H19N3S. The topological polar surface area (TPSA) is 37.8 Å². The maximum atomic E-state index is 4.23. The third-order valence-electron chi connectivity index (χ3n) is 2.29. The van der Waals surface area contributed by atoms with E-state index in [1.807, 2.05) is 13.1 Å². The van der Waals surface area contributed by atoms with E-state index in [-0.39, 0.29) is 11.5 Å². The first-order chi connectivity index (χ1) is 7.00. The molecule has 1 aromatic heterocycles. The van der Waals surface area contributed by atoms with Gasteiger partial charge in [-0.15, -0.1) is 11.7 Å². The van der Waals surface area contributed by atoms with Gasteiger partial charge < -0.3 is 5.32 Å². The van der Waals surface area contributed by atoms with Gasteiger partial charge in [-0.05, 0) is 25.0 Å². The van der Waals surface area contributed by atoms with Crippen LogP contribution in [0.15, 0.2) is 12.7 Å². The molecule has 0 aliphatic carbocycles. The molecule has 15 heavy (non-hydrogen) atoms. The second-order valence-electron chi connectivity index (χ2n) is 4.60. The lowest BCUT2D eigenvalue weighted by Crippen LogP contribution is -2.21. The van der Waals surface area contributed by atoms with Crippen LogP contribution >= 0.6 is 11.5 Å². The van der Waals surface area contributed by atoms with Crippen molar-refractivity contribution in [2.45, 2.75) is 38.6 Å². The second kappa shape index (κ2) is 4.86. The van der Waals surface area contributed by atoms with Gasteiger partial charge in [0, 0.05) is 11.5 Å². The molecule has 1 rings (SSSR count). The molecule has 0 amide bonds. The zero-order chi connectivity index (χ0) is 11.5. The zero-order valence-electron chi connectivity index (χ0n) is 9.87. The van der Waals surface area contributed by atoms with Crippen molar-refractivity contribution in [2.75, 3.05) is 7.05 Å². The molecule has 84 valence electrons. The summed E-state index contributed by atoms with van der Waals surface area (Å²) in [4.78, 5) is 1.23. The van der Waals surface area contributed by atoms with Crippen molar-refractivity contribution in [2.24, 2.45) is 0 Å². The van der Waals surface area contributed by atoms with Gasteiger partial charge in [-0.1, -0.05) is 31.3 Å². The summed E-state index contributed by atoms with van der Waals surface area (Å²) < 4.78 is 4.06. The monoisotopic (exact) mass is 225 g/mol. The predicted molar refractivity (Wildman–Crippen MR) is 65.2 cm³/mol. The summed E-state index contributed by atoms with van der Waals surface area (Å²) in [5.74, 6) is 0. The molecule has 0 saturated carbocycles. The Labute approximate surface area is 95.8 Å². The number of nitrogens with zero attached hydrogens (tertiary/aromatic N) is 2. The Morgan fingerprint density at radius 1 is 1.53 bits per heavy atom. The van der Waals surface area contributed by atoms with Gasteiger partial charge in [-0.2, -0.15) is 0 Å². The van der Waals surface area contributed by atoms with E-state index in [1.54, 1.807) is 0 Å². The van der Waals surface area contributed by atoms with Crippen molar-refractivity contribution in [3.63, 3.8) is 0 Å². The number of hydrogen-bond donors (Lipinski definition) is 1. The van der Waals surface area contributed by atoms with Crippen LogP contribution in [0.4, 0.5) is 0 Å². The molecule has 0 aromatic carbocycles. The van der Waals surface area contributed by atoms with Gasteiger partial charge in [-0.3, -0.25) is 0 Å². The highest BCUT2D eigenvalue weighted by Crippen LogP contribution is 2.31. The van der Waals surface area contributed by atoms with Crippen LogP contribution in [0.1, 0.15) is 43.8 Å². The highest BCUT2D eigenvalue weighted by molar-refractivity contribution is 7.05. The molecule has 0 aliphatic rings. The zero-order valence-corrected chi connectivity index (χ0v) is 10.7. The van der Waals surface area contributed by atoms with Crippen LogP contribution in [0.25, 0.3) is 0 Å². The molecule has 0 fully saturated rings. The van der Waals surface area contributed by atoms with E-state index < -0.39 is 0 Å². The molecule has 0 spiro atoms. The van der Waals surface area contributed by atoms with Gasteiger partial charge in [0.2, 0.25) is 0 Å². The van der Waals surface area contributed by atoms with Crippen molar-refractivity contribution in [1.82, 2.24) is 14.9 Å². The maximum absolute atomic E-state index is 4.23. The minimum Gasteiger partial charge on any atom is -0.312 e. The Kier molecular flexibility index (Phi) is 3.99. The fourth-order valence-corrected chi connectivity index (χ4v) is 2.45. The first-order valence-corrected chi connectivity index (χ1v) is 5.89. The van der Waals surface area contributed by atoms with Crippen molar-refractivity contribution < 1.29 is 0 Å². The quantitative estimate of drug-likeness (QED) is 0.801. The summed E-state index contributed by atoms with van der Waals surface area (Å²) in [5.41, 5.74) is 1.15. The standard InChI is InChI=1S/C11H19N3S/c1-6-7-8(12-5)9-10(11(2,3)4)13-14-15-9/h6,8,12H,1,7H2,2-5H3. The Morgan fingerprint density at radius 3 is 2.67 bits per heavy atom. The molecular weight excluding hydrogens is 206 g/mol. The number of aromatic nitrogens is 2. The van der Waals surface area contributed by atoms with Gasteiger partial charge in [0.1, 0.15) is 0 Å². The molecule has 1 aromatic rings. The van der Waals surface area contributed by atoms with Crippen LogP contribution in [-0.4, -0.2) is 16.6 Å². The van der Waals surface area contributed by atoms with Gasteiger partial charge in [0.05, 0.1) is 10.6 Å². The van der Waals surface area contributed by atoms with Crippen LogP contribution in [0.5, 0.6) is 0 Å². The molecule has 1 heterocycles. The first kappa shape index (κ1) is 12.3. The predicted octanol–water partition coefficient (Wildman–Crippen LogP) is 2.67. The van der Waals surface area contributed by atoms with Gasteiger partial charge in [0.25, 0.3) is 0 Å². The van der Waals surface area contributed by atoms with Crippen LogP contribution in [0, 0.1) is 0 Å². The number of rotatable bonds is 4. The van der Waals surface area contributed by atoms with E-state index >= 15 is 0 Å². The first-order valence-electron chi connectivity index (χ1n) is 5.11. The van der Waals surface area contributed by atoms with Crippen molar-refractivity contribution in [1.29, 1.82) is 0 Å². The smallest absolute Gasteiger partial charge is 0.0857 e. The van der Waals surface area contributed by atoms with Crippen molar-refractivity contribution in [3.8, 4) is 0 Å². The fraction of sp³-hybridized carbons (Fsp3) is 0.636. The van der Waals surface area contributed by atoms with Crippen molar-refractivity contribution >= 4 is 11.5 Å². The Balaban J connectivity index is 3.02. The normalized spacial score (nSPS) is 13.9. The lowest BCUT2D eigenvalue weighted by molar-refractivity contribution is 0.534. The van der Waals surface area contributed by atoms with E-state index in [0.29, 0.717) is 0 Å². The van der Waals surface area contributed by atoms with E-state index in [1.165, 1.54) is 16.4 Å².